The number of hydrogen-bond acceptors (Lipinski definition) is 5. The van der Waals surface area contributed by atoms with Crippen molar-refractivity contribution in [1.29, 1.82) is 0 Å². The highest BCUT2D eigenvalue weighted by Gasteiger charge is 2.30. The van der Waals surface area contributed by atoms with E-state index in [-0.39, 0.29) is 0 Å². The first-order chi connectivity index (χ1) is 9.29. The lowest BCUT2D eigenvalue weighted by Crippen LogP contribution is -2.34. The largest absolute Gasteiger partial charge is 0.338 e. The molecule has 2 unspecified atom stereocenters. The van der Waals surface area contributed by atoms with Crippen molar-refractivity contribution < 1.29 is 4.52 Å². The molecule has 1 N–H and O–H groups in total. The first-order valence-corrected chi connectivity index (χ1v) is 6.78. The summed E-state index contributed by atoms with van der Waals surface area (Å²) in [4.78, 5) is 8.78. The molecule has 0 saturated heterocycles. The highest BCUT2D eigenvalue weighted by Crippen LogP contribution is 2.32. The second-order valence-electron chi connectivity index (χ2n) is 5.10. The Hall–Kier alpha value is -1.69. The van der Waals surface area contributed by atoms with Gasteiger partial charge in [0.1, 0.15) is 0 Å². The van der Waals surface area contributed by atoms with Gasteiger partial charge in [-0.3, -0.25) is 0 Å². The summed E-state index contributed by atoms with van der Waals surface area (Å²) in [6.45, 7) is 0. The Labute approximate surface area is 112 Å². The number of aromatic nitrogens is 4. The van der Waals surface area contributed by atoms with Crippen molar-refractivity contribution in [1.82, 2.24) is 25.0 Å². The van der Waals surface area contributed by atoms with E-state index >= 15 is 0 Å². The van der Waals surface area contributed by atoms with Gasteiger partial charge in [0.05, 0.1) is 5.92 Å². The van der Waals surface area contributed by atoms with Crippen LogP contribution in [0, 0.1) is 0 Å². The van der Waals surface area contributed by atoms with Crippen molar-refractivity contribution in [2.45, 2.75) is 37.6 Å². The van der Waals surface area contributed by atoms with Gasteiger partial charge < -0.3 is 14.4 Å². The van der Waals surface area contributed by atoms with Crippen LogP contribution in [0.15, 0.2) is 16.9 Å². The van der Waals surface area contributed by atoms with Crippen molar-refractivity contribution >= 4 is 0 Å². The normalized spacial score (nSPS) is 23.7. The molecule has 2 heterocycles. The molecule has 6 heteroatoms. The second-order valence-corrected chi connectivity index (χ2v) is 5.10. The van der Waals surface area contributed by atoms with E-state index in [4.69, 9.17) is 4.52 Å². The van der Waals surface area contributed by atoms with Crippen LogP contribution in [0.4, 0.5) is 0 Å². The van der Waals surface area contributed by atoms with Gasteiger partial charge in [-0.15, -0.1) is 0 Å². The summed E-state index contributed by atoms with van der Waals surface area (Å²) in [6, 6.07) is 0.434. The molecule has 1 fully saturated rings. The molecule has 2 aromatic rings. The SMILES string of the molecule is CNC1CCCCC1c1nc(-c2nccn2C)no1. The molecule has 1 aliphatic carbocycles. The fourth-order valence-electron chi connectivity index (χ4n) is 2.83. The van der Waals surface area contributed by atoms with Crippen LogP contribution in [0.1, 0.15) is 37.5 Å². The summed E-state index contributed by atoms with van der Waals surface area (Å²) >= 11 is 0. The quantitative estimate of drug-likeness (QED) is 0.911. The first-order valence-electron chi connectivity index (χ1n) is 6.78. The van der Waals surface area contributed by atoms with Crippen LogP contribution in [0.3, 0.4) is 0 Å². The molecule has 0 aliphatic heterocycles. The van der Waals surface area contributed by atoms with Crippen LogP contribution in [-0.4, -0.2) is 32.8 Å². The van der Waals surface area contributed by atoms with Gasteiger partial charge in [-0.2, -0.15) is 4.98 Å². The topological polar surface area (TPSA) is 68.8 Å². The second kappa shape index (κ2) is 5.13. The van der Waals surface area contributed by atoms with E-state index in [1.54, 1.807) is 6.20 Å². The van der Waals surface area contributed by atoms with Crippen molar-refractivity contribution in [2.75, 3.05) is 7.05 Å². The lowest BCUT2D eigenvalue weighted by Gasteiger charge is -2.28. The Morgan fingerprint density at radius 3 is 2.95 bits per heavy atom. The highest BCUT2D eigenvalue weighted by atomic mass is 16.5. The van der Waals surface area contributed by atoms with Crippen LogP contribution in [0.2, 0.25) is 0 Å². The molecule has 0 aromatic carbocycles. The zero-order valence-corrected chi connectivity index (χ0v) is 11.3. The van der Waals surface area contributed by atoms with Crippen molar-refractivity contribution in [3.05, 3.63) is 18.3 Å². The van der Waals surface area contributed by atoms with Gasteiger partial charge in [0, 0.05) is 25.5 Å². The van der Waals surface area contributed by atoms with Crippen LogP contribution >= 0.6 is 0 Å². The number of aryl methyl sites for hydroxylation is 1. The zero-order chi connectivity index (χ0) is 13.2. The highest BCUT2D eigenvalue weighted by molar-refractivity contribution is 5.42. The van der Waals surface area contributed by atoms with Crippen molar-refractivity contribution in [3.63, 3.8) is 0 Å². The molecule has 3 rings (SSSR count). The average molecular weight is 261 g/mol. The molecule has 0 spiro atoms. The summed E-state index contributed by atoms with van der Waals surface area (Å²) in [5.41, 5.74) is 0. The third-order valence-corrected chi connectivity index (χ3v) is 3.92. The monoisotopic (exact) mass is 261 g/mol. The molecule has 0 radical (unpaired) electrons. The third-order valence-electron chi connectivity index (χ3n) is 3.92. The minimum atomic E-state index is 0.320. The molecule has 0 bridgehead atoms. The Balaban J connectivity index is 1.86. The van der Waals surface area contributed by atoms with E-state index in [1.165, 1.54) is 19.3 Å². The van der Waals surface area contributed by atoms with E-state index in [0.29, 0.717) is 17.8 Å². The Bertz CT molecular complexity index is 547. The maximum Gasteiger partial charge on any atom is 0.238 e. The van der Waals surface area contributed by atoms with Crippen LogP contribution in [0.25, 0.3) is 11.6 Å². The molecule has 0 amide bonds. The fourth-order valence-corrected chi connectivity index (χ4v) is 2.83. The molecule has 1 saturated carbocycles. The molecule has 6 nitrogen and oxygen atoms in total. The lowest BCUT2D eigenvalue weighted by molar-refractivity contribution is 0.270. The minimum absolute atomic E-state index is 0.320. The van der Waals surface area contributed by atoms with Crippen molar-refractivity contribution in [3.8, 4) is 11.6 Å². The van der Waals surface area contributed by atoms with Gasteiger partial charge >= 0.3 is 0 Å². The molecule has 19 heavy (non-hydrogen) atoms. The van der Waals surface area contributed by atoms with E-state index in [9.17, 15) is 0 Å². The summed E-state index contributed by atoms with van der Waals surface area (Å²) in [5.74, 6) is 2.37. The number of nitrogens with zero attached hydrogens (tertiary/aromatic N) is 4. The molecular weight excluding hydrogens is 242 g/mol. The molecular formula is C13H19N5O. The maximum absolute atomic E-state index is 5.46. The minimum Gasteiger partial charge on any atom is -0.338 e. The van der Waals surface area contributed by atoms with Gasteiger partial charge in [0.25, 0.3) is 0 Å². The van der Waals surface area contributed by atoms with Crippen molar-refractivity contribution in [2.24, 2.45) is 7.05 Å². The third kappa shape index (κ3) is 2.28. The summed E-state index contributed by atoms with van der Waals surface area (Å²) in [6.07, 6.45) is 8.38. The zero-order valence-electron chi connectivity index (χ0n) is 11.3. The Morgan fingerprint density at radius 2 is 2.21 bits per heavy atom. The number of imidazole rings is 1. The summed E-state index contributed by atoms with van der Waals surface area (Å²) < 4.78 is 7.35. The van der Waals surface area contributed by atoms with E-state index < -0.39 is 0 Å². The van der Waals surface area contributed by atoms with Crippen LogP contribution in [0.5, 0.6) is 0 Å². The predicted molar refractivity (Wildman–Crippen MR) is 70.6 cm³/mol. The number of rotatable bonds is 3. The van der Waals surface area contributed by atoms with Gasteiger partial charge in [0.15, 0.2) is 5.82 Å². The lowest BCUT2D eigenvalue weighted by atomic mass is 9.84. The Kier molecular flexibility index (Phi) is 3.33. The summed E-state index contributed by atoms with van der Waals surface area (Å²) in [5, 5.41) is 7.43. The molecule has 1 aliphatic rings. The van der Waals surface area contributed by atoms with Gasteiger partial charge in [-0.05, 0) is 19.9 Å². The van der Waals surface area contributed by atoms with E-state index in [0.717, 1.165) is 18.1 Å². The molecule has 2 aromatic heterocycles. The molecule has 102 valence electrons. The first kappa shape index (κ1) is 12.3. The van der Waals surface area contributed by atoms with E-state index in [1.807, 2.05) is 24.9 Å². The van der Waals surface area contributed by atoms with Crippen LogP contribution in [-0.2, 0) is 7.05 Å². The maximum atomic E-state index is 5.46. The van der Waals surface area contributed by atoms with Crippen LogP contribution < -0.4 is 5.32 Å². The predicted octanol–water partition coefficient (Wildman–Crippen LogP) is 1.72. The number of nitrogens with one attached hydrogen (secondary N) is 1. The number of likely N-dealkylation sites (N-methyl/N-ethyl adjacent to an activating group) is 1. The van der Waals surface area contributed by atoms with Gasteiger partial charge in [-0.25, -0.2) is 4.98 Å². The standard InChI is InChI=1S/C13H19N5O/c1-14-10-6-4-3-5-9(10)13-16-11(17-19-13)12-15-7-8-18(12)2/h7-10,14H,3-6H2,1-2H3. The smallest absolute Gasteiger partial charge is 0.238 e. The van der Waals surface area contributed by atoms with E-state index in [2.05, 4.69) is 20.4 Å². The number of hydrogen-bond donors (Lipinski definition) is 1. The van der Waals surface area contributed by atoms with Gasteiger partial charge in [-0.1, -0.05) is 18.0 Å². The average Bonchev–Trinajstić information content (AvgIpc) is 3.07. The fraction of sp³-hybridized carbons (Fsp3) is 0.615. The summed E-state index contributed by atoms with van der Waals surface area (Å²) in [7, 11) is 3.92. The van der Waals surface area contributed by atoms with Gasteiger partial charge in [0.2, 0.25) is 11.7 Å². The molecule has 2 atom stereocenters. The Morgan fingerprint density at radius 1 is 1.37 bits per heavy atom.